The lowest BCUT2D eigenvalue weighted by Gasteiger charge is -2.23. The van der Waals surface area contributed by atoms with Crippen LogP contribution in [-0.4, -0.2) is 13.6 Å². The van der Waals surface area contributed by atoms with Crippen LogP contribution < -0.4 is 5.32 Å². The Morgan fingerprint density at radius 1 is 1.15 bits per heavy atom. The normalized spacial score (nSPS) is 23.2. The highest BCUT2D eigenvalue weighted by Crippen LogP contribution is 2.35. The maximum Gasteiger partial charge on any atom is 0.0132 e. The molecule has 1 aliphatic carbocycles. The van der Waals surface area contributed by atoms with Crippen LogP contribution in [-0.2, 0) is 0 Å². The summed E-state index contributed by atoms with van der Waals surface area (Å²) >= 11 is 0. The summed E-state index contributed by atoms with van der Waals surface area (Å²) < 4.78 is 0. The standard InChI is InChI=1S/C12H23N/c1-12(10-7-11-13-2)8-5-3-4-6-9-12/h7,10,13H,3-6,8-9,11H2,1-2H3/b10-7+. The predicted molar refractivity (Wildman–Crippen MR) is 58.9 cm³/mol. The zero-order valence-electron chi connectivity index (χ0n) is 9.10. The minimum Gasteiger partial charge on any atom is -0.316 e. The molecule has 0 radical (unpaired) electrons. The van der Waals surface area contributed by atoms with Crippen molar-refractivity contribution < 1.29 is 0 Å². The lowest BCUT2D eigenvalue weighted by molar-refractivity contribution is 0.367. The average Bonchev–Trinajstić information content (AvgIpc) is 2.31. The molecule has 76 valence electrons. The van der Waals surface area contributed by atoms with Crippen molar-refractivity contribution in [3.63, 3.8) is 0 Å². The summed E-state index contributed by atoms with van der Waals surface area (Å²) in [5.41, 5.74) is 0.493. The van der Waals surface area contributed by atoms with E-state index in [9.17, 15) is 0 Å². The first-order valence-corrected chi connectivity index (χ1v) is 5.59. The largest absolute Gasteiger partial charge is 0.316 e. The summed E-state index contributed by atoms with van der Waals surface area (Å²) in [4.78, 5) is 0. The van der Waals surface area contributed by atoms with Gasteiger partial charge in [-0.05, 0) is 25.3 Å². The Labute approximate surface area is 82.6 Å². The van der Waals surface area contributed by atoms with Gasteiger partial charge in [-0.15, -0.1) is 0 Å². The van der Waals surface area contributed by atoms with E-state index in [1.54, 1.807) is 0 Å². The molecule has 0 spiro atoms. The molecule has 0 aromatic heterocycles. The smallest absolute Gasteiger partial charge is 0.0132 e. The number of hydrogen-bond acceptors (Lipinski definition) is 1. The van der Waals surface area contributed by atoms with Crippen LogP contribution in [0.25, 0.3) is 0 Å². The topological polar surface area (TPSA) is 12.0 Å². The van der Waals surface area contributed by atoms with Crippen LogP contribution in [0.3, 0.4) is 0 Å². The predicted octanol–water partition coefficient (Wildman–Crippen LogP) is 3.12. The molecule has 0 atom stereocenters. The third-order valence-electron chi connectivity index (χ3n) is 3.09. The molecule has 0 bridgehead atoms. The van der Waals surface area contributed by atoms with Crippen molar-refractivity contribution in [2.45, 2.75) is 45.4 Å². The van der Waals surface area contributed by atoms with Crippen LogP contribution in [0.2, 0.25) is 0 Å². The van der Waals surface area contributed by atoms with Gasteiger partial charge in [0, 0.05) is 6.54 Å². The zero-order chi connectivity index (χ0) is 9.57. The van der Waals surface area contributed by atoms with Crippen LogP contribution in [0.4, 0.5) is 0 Å². The van der Waals surface area contributed by atoms with Gasteiger partial charge in [0.1, 0.15) is 0 Å². The highest BCUT2D eigenvalue weighted by molar-refractivity contribution is 4.98. The second-order valence-electron chi connectivity index (χ2n) is 4.53. The fraction of sp³-hybridized carbons (Fsp3) is 0.833. The maximum atomic E-state index is 3.15. The monoisotopic (exact) mass is 181 g/mol. The van der Waals surface area contributed by atoms with Crippen molar-refractivity contribution in [3.05, 3.63) is 12.2 Å². The SMILES string of the molecule is CNC/C=C/C1(C)CCCCCC1. The van der Waals surface area contributed by atoms with Gasteiger partial charge in [0.15, 0.2) is 0 Å². The molecule has 0 aromatic rings. The summed E-state index contributed by atoms with van der Waals surface area (Å²) in [7, 11) is 2.00. The molecule has 0 aliphatic heterocycles. The van der Waals surface area contributed by atoms with Crippen molar-refractivity contribution >= 4 is 0 Å². The molecule has 1 aliphatic rings. The summed E-state index contributed by atoms with van der Waals surface area (Å²) in [6.07, 6.45) is 13.2. The summed E-state index contributed by atoms with van der Waals surface area (Å²) in [6.45, 7) is 3.42. The Morgan fingerprint density at radius 2 is 1.77 bits per heavy atom. The Hall–Kier alpha value is -0.300. The van der Waals surface area contributed by atoms with Crippen molar-refractivity contribution in [2.24, 2.45) is 5.41 Å². The van der Waals surface area contributed by atoms with Gasteiger partial charge < -0.3 is 5.32 Å². The summed E-state index contributed by atoms with van der Waals surface area (Å²) in [5, 5.41) is 3.15. The molecule has 0 heterocycles. The van der Waals surface area contributed by atoms with Gasteiger partial charge >= 0.3 is 0 Å². The third kappa shape index (κ3) is 3.95. The Bertz CT molecular complexity index is 153. The molecule has 1 rings (SSSR count). The van der Waals surface area contributed by atoms with Gasteiger partial charge in [0.2, 0.25) is 0 Å². The second kappa shape index (κ2) is 5.43. The van der Waals surface area contributed by atoms with Gasteiger partial charge in [0.05, 0.1) is 0 Å². The molecule has 0 unspecified atom stereocenters. The minimum atomic E-state index is 0.493. The lowest BCUT2D eigenvalue weighted by Crippen LogP contribution is -2.13. The van der Waals surface area contributed by atoms with E-state index in [1.165, 1.54) is 38.5 Å². The van der Waals surface area contributed by atoms with Gasteiger partial charge in [-0.2, -0.15) is 0 Å². The van der Waals surface area contributed by atoms with Crippen molar-refractivity contribution in [2.75, 3.05) is 13.6 Å². The molecular weight excluding hydrogens is 158 g/mol. The van der Waals surface area contributed by atoms with E-state index < -0.39 is 0 Å². The fourth-order valence-electron chi connectivity index (χ4n) is 2.16. The van der Waals surface area contributed by atoms with Gasteiger partial charge in [-0.25, -0.2) is 0 Å². The van der Waals surface area contributed by atoms with Crippen LogP contribution >= 0.6 is 0 Å². The van der Waals surface area contributed by atoms with E-state index in [0.29, 0.717) is 5.41 Å². The molecule has 1 N–H and O–H groups in total. The molecule has 0 amide bonds. The van der Waals surface area contributed by atoms with Crippen molar-refractivity contribution in [1.82, 2.24) is 5.32 Å². The van der Waals surface area contributed by atoms with E-state index >= 15 is 0 Å². The van der Waals surface area contributed by atoms with Crippen LogP contribution in [0.5, 0.6) is 0 Å². The first-order valence-electron chi connectivity index (χ1n) is 5.59. The number of hydrogen-bond donors (Lipinski definition) is 1. The molecule has 0 saturated heterocycles. The number of allylic oxidation sites excluding steroid dienone is 1. The lowest BCUT2D eigenvalue weighted by atomic mass is 9.82. The van der Waals surface area contributed by atoms with E-state index in [1.807, 2.05) is 7.05 Å². The fourth-order valence-corrected chi connectivity index (χ4v) is 2.16. The summed E-state index contributed by atoms with van der Waals surface area (Å²) in [5.74, 6) is 0. The molecule has 1 fully saturated rings. The van der Waals surface area contributed by atoms with Gasteiger partial charge in [0.25, 0.3) is 0 Å². The first kappa shape index (κ1) is 10.8. The van der Waals surface area contributed by atoms with E-state index in [0.717, 1.165) is 6.54 Å². The van der Waals surface area contributed by atoms with Crippen molar-refractivity contribution in [1.29, 1.82) is 0 Å². The third-order valence-corrected chi connectivity index (χ3v) is 3.09. The molecule has 0 aromatic carbocycles. The van der Waals surface area contributed by atoms with Crippen LogP contribution in [0, 0.1) is 5.41 Å². The Kier molecular flexibility index (Phi) is 4.51. The minimum absolute atomic E-state index is 0.493. The van der Waals surface area contributed by atoms with Crippen LogP contribution in [0.15, 0.2) is 12.2 Å². The highest BCUT2D eigenvalue weighted by Gasteiger charge is 2.21. The van der Waals surface area contributed by atoms with E-state index in [-0.39, 0.29) is 0 Å². The maximum absolute atomic E-state index is 3.15. The Morgan fingerprint density at radius 3 is 2.31 bits per heavy atom. The molecule has 1 nitrogen and oxygen atoms in total. The summed E-state index contributed by atoms with van der Waals surface area (Å²) in [6, 6.07) is 0. The number of nitrogens with one attached hydrogen (secondary N) is 1. The van der Waals surface area contributed by atoms with Crippen LogP contribution in [0.1, 0.15) is 45.4 Å². The Balaban J connectivity index is 2.41. The first-order chi connectivity index (χ1) is 6.27. The number of rotatable bonds is 3. The average molecular weight is 181 g/mol. The molecule has 1 saturated carbocycles. The van der Waals surface area contributed by atoms with Gasteiger partial charge in [-0.3, -0.25) is 0 Å². The molecular formula is C12H23N. The van der Waals surface area contributed by atoms with E-state index in [2.05, 4.69) is 24.4 Å². The molecule has 1 heteroatoms. The van der Waals surface area contributed by atoms with E-state index in [4.69, 9.17) is 0 Å². The van der Waals surface area contributed by atoms with Crippen molar-refractivity contribution in [3.8, 4) is 0 Å². The zero-order valence-corrected chi connectivity index (χ0v) is 9.10. The quantitative estimate of drug-likeness (QED) is 0.521. The highest BCUT2D eigenvalue weighted by atomic mass is 14.8. The second-order valence-corrected chi connectivity index (χ2v) is 4.53. The number of likely N-dealkylation sites (N-methyl/N-ethyl adjacent to an activating group) is 1. The van der Waals surface area contributed by atoms with Gasteiger partial charge in [-0.1, -0.05) is 44.8 Å². The molecule has 13 heavy (non-hydrogen) atoms.